The number of carbonyl (C=O) groups is 4. The van der Waals surface area contributed by atoms with E-state index in [1.165, 1.54) is 6.20 Å². The maximum atomic E-state index is 13.7. The van der Waals surface area contributed by atoms with Crippen LogP contribution in [0.2, 0.25) is 5.02 Å². The van der Waals surface area contributed by atoms with Crippen molar-refractivity contribution in [1.29, 1.82) is 0 Å². The van der Waals surface area contributed by atoms with Crippen molar-refractivity contribution in [2.45, 2.75) is 43.7 Å². The van der Waals surface area contributed by atoms with E-state index in [9.17, 15) is 19.2 Å². The lowest BCUT2D eigenvalue weighted by molar-refractivity contribution is -0.134. The Morgan fingerprint density at radius 2 is 1.89 bits per heavy atom. The first-order chi connectivity index (χ1) is 22.5. The molecule has 2 saturated heterocycles. The Balaban J connectivity index is 1.07. The summed E-state index contributed by atoms with van der Waals surface area (Å²) in [5, 5.41) is 11.3. The minimum atomic E-state index is -0.864. The molecule has 2 aromatic heterocycles. The third kappa shape index (κ3) is 5.32. The monoisotopic (exact) mass is 656 g/mol. The van der Waals surface area contributed by atoms with Crippen molar-refractivity contribution in [3.8, 4) is 0 Å². The Morgan fingerprint density at radius 3 is 2.68 bits per heavy atom. The third-order valence-corrected chi connectivity index (χ3v) is 9.60. The van der Waals surface area contributed by atoms with Crippen molar-refractivity contribution in [2.24, 2.45) is 12.8 Å². The number of carbonyl (C=O) groups excluding carboxylic acids is 4. The van der Waals surface area contributed by atoms with Crippen LogP contribution in [0.25, 0.3) is 10.9 Å². The van der Waals surface area contributed by atoms with E-state index in [0.717, 1.165) is 27.8 Å². The van der Waals surface area contributed by atoms with Gasteiger partial charge in [0.15, 0.2) is 5.82 Å². The van der Waals surface area contributed by atoms with Crippen LogP contribution in [0.4, 0.5) is 28.8 Å². The van der Waals surface area contributed by atoms with Gasteiger partial charge in [0.2, 0.25) is 29.6 Å². The van der Waals surface area contributed by atoms with Crippen molar-refractivity contribution >= 4 is 75.0 Å². The molecule has 47 heavy (non-hydrogen) atoms. The van der Waals surface area contributed by atoms with Gasteiger partial charge in [-0.25, -0.2) is 4.98 Å². The lowest BCUT2D eigenvalue weighted by Crippen LogP contribution is -2.61. The zero-order valence-electron chi connectivity index (χ0n) is 26.0. The number of benzene rings is 2. The maximum absolute atomic E-state index is 13.7. The van der Waals surface area contributed by atoms with E-state index >= 15 is 0 Å². The van der Waals surface area contributed by atoms with Gasteiger partial charge in [0, 0.05) is 56.6 Å². The number of anilines is 5. The van der Waals surface area contributed by atoms with Crippen LogP contribution in [-0.2, 0) is 32.6 Å². The van der Waals surface area contributed by atoms with Crippen molar-refractivity contribution in [3.05, 3.63) is 58.9 Å². The molecule has 14 nitrogen and oxygen atoms in total. The van der Waals surface area contributed by atoms with Crippen LogP contribution in [0.5, 0.6) is 0 Å². The van der Waals surface area contributed by atoms with Gasteiger partial charge in [-0.05, 0) is 54.8 Å². The lowest BCUT2D eigenvalue weighted by atomic mass is 9.92. The minimum absolute atomic E-state index is 0.0366. The lowest BCUT2D eigenvalue weighted by Gasteiger charge is -2.40. The second kappa shape index (κ2) is 11.6. The first-order valence-electron chi connectivity index (χ1n) is 15.3. The molecule has 0 saturated carbocycles. The number of nitrogens with one attached hydrogen (secondary N) is 2. The van der Waals surface area contributed by atoms with E-state index in [1.807, 2.05) is 36.4 Å². The molecule has 3 aliphatic heterocycles. The molecule has 0 bridgehead atoms. The average molecular weight is 657 g/mol. The third-order valence-electron chi connectivity index (χ3n) is 9.32. The van der Waals surface area contributed by atoms with Crippen LogP contribution in [0.15, 0.2) is 42.6 Å². The molecule has 2 aromatic carbocycles. The van der Waals surface area contributed by atoms with Crippen LogP contribution in [0, 0.1) is 0 Å². The molecule has 0 aliphatic carbocycles. The van der Waals surface area contributed by atoms with Crippen molar-refractivity contribution < 1.29 is 19.2 Å². The van der Waals surface area contributed by atoms with E-state index in [4.69, 9.17) is 17.3 Å². The predicted octanol–water partition coefficient (Wildman–Crippen LogP) is 2.37. The number of hydrogen-bond acceptors (Lipinski definition) is 10. The van der Waals surface area contributed by atoms with Crippen molar-refractivity contribution in [3.63, 3.8) is 0 Å². The highest BCUT2D eigenvalue weighted by molar-refractivity contribution is 6.33. The average Bonchev–Trinajstić information content (AvgIpc) is 3.52. The minimum Gasteiger partial charge on any atom is -0.339 e. The molecular weight excluding hydrogens is 624 g/mol. The zero-order chi connectivity index (χ0) is 33.1. The summed E-state index contributed by atoms with van der Waals surface area (Å²) in [5.74, 6) is -0.610. The number of aryl methyl sites for hydroxylation is 1. The Morgan fingerprint density at radius 1 is 1.09 bits per heavy atom. The normalized spacial score (nSPS) is 21.3. The highest BCUT2D eigenvalue weighted by atomic mass is 35.5. The van der Waals surface area contributed by atoms with Crippen LogP contribution in [-0.4, -0.2) is 76.1 Å². The second-order valence-corrected chi connectivity index (χ2v) is 12.6. The molecule has 4 amide bonds. The molecule has 2 fully saturated rings. The SMILES string of the molecule is CN1C(=O)Cc2cc(Nc3nc(N(C)[C@H]4CCN(c5ccc6c(C7CCC(=O)NC7=O)nn(C)c6c5)C(=O)[C@@H]4N)ncc3Cl)ccc21. The largest absolute Gasteiger partial charge is 0.339 e. The Labute approximate surface area is 274 Å². The number of nitrogens with zero attached hydrogens (tertiary/aromatic N) is 7. The summed E-state index contributed by atoms with van der Waals surface area (Å²) in [6.45, 7) is 0.409. The molecule has 15 heteroatoms. The van der Waals surface area contributed by atoms with E-state index in [0.29, 0.717) is 54.0 Å². The highest BCUT2D eigenvalue weighted by Gasteiger charge is 2.38. The van der Waals surface area contributed by atoms with Gasteiger partial charge < -0.3 is 25.8 Å². The second-order valence-electron chi connectivity index (χ2n) is 12.2. The highest BCUT2D eigenvalue weighted by Crippen LogP contribution is 2.35. The molecule has 0 spiro atoms. The summed E-state index contributed by atoms with van der Waals surface area (Å²) < 4.78 is 1.69. The molecule has 3 atom stereocenters. The summed E-state index contributed by atoms with van der Waals surface area (Å²) in [5.41, 5.74) is 11.1. The predicted molar refractivity (Wildman–Crippen MR) is 177 cm³/mol. The number of piperidine rings is 2. The van der Waals surface area contributed by atoms with Gasteiger partial charge in [0.05, 0.1) is 35.8 Å². The fourth-order valence-electron chi connectivity index (χ4n) is 6.69. The van der Waals surface area contributed by atoms with E-state index in [-0.39, 0.29) is 36.1 Å². The first kappa shape index (κ1) is 30.6. The van der Waals surface area contributed by atoms with Crippen LogP contribution in [0.1, 0.15) is 36.4 Å². The summed E-state index contributed by atoms with van der Waals surface area (Å²) in [6.07, 6.45) is 3.04. The Kier molecular flexibility index (Phi) is 7.56. The van der Waals surface area contributed by atoms with E-state index < -0.39 is 12.0 Å². The van der Waals surface area contributed by atoms with Gasteiger partial charge in [-0.2, -0.15) is 10.1 Å². The fraction of sp³-hybridized carbons (Fsp3) is 0.344. The van der Waals surface area contributed by atoms with Crippen LogP contribution in [0.3, 0.4) is 0 Å². The first-order valence-corrected chi connectivity index (χ1v) is 15.7. The number of fused-ring (bicyclic) bond motifs is 2. The summed E-state index contributed by atoms with van der Waals surface area (Å²) >= 11 is 6.46. The summed E-state index contributed by atoms with van der Waals surface area (Å²) in [6, 6.07) is 9.97. The number of imide groups is 1. The molecular formula is C32H33ClN10O4. The molecule has 1 unspecified atom stereocenters. The van der Waals surface area contributed by atoms with Gasteiger partial charge in [-0.15, -0.1) is 0 Å². The zero-order valence-corrected chi connectivity index (χ0v) is 26.8. The van der Waals surface area contributed by atoms with E-state index in [2.05, 4.69) is 25.7 Å². The topological polar surface area (TPSA) is 172 Å². The van der Waals surface area contributed by atoms with E-state index in [1.54, 1.807) is 40.5 Å². The van der Waals surface area contributed by atoms with Crippen LogP contribution < -0.4 is 31.1 Å². The molecule has 3 aliphatic rings. The standard InChI is InChI=1S/C32H33ClN10O4/c1-40-22-8-4-17(12-16(22)13-26(40)45)36-29-21(33)15-35-32(38-29)41(2)23-10-11-43(31(47)27(23)34)18-5-6-19-24(14-18)42(3)39-28(19)20-7-9-25(44)37-30(20)46/h4-6,8,12,14-15,20,23,27H,7,9-11,13,34H2,1-3H3,(H,35,36,38)(H,37,44,46)/t20?,23-,27+/m0/s1. The quantitative estimate of drug-likeness (QED) is 0.262. The molecule has 0 radical (unpaired) electrons. The summed E-state index contributed by atoms with van der Waals surface area (Å²) in [4.78, 5) is 64.2. The van der Waals surface area contributed by atoms with Gasteiger partial charge in [-0.3, -0.25) is 29.2 Å². The van der Waals surface area contributed by atoms with Crippen LogP contribution >= 0.6 is 11.6 Å². The van der Waals surface area contributed by atoms with Crippen molar-refractivity contribution in [2.75, 3.05) is 40.7 Å². The van der Waals surface area contributed by atoms with Gasteiger partial charge in [0.25, 0.3) is 0 Å². The Hall–Kier alpha value is -5.08. The van der Waals surface area contributed by atoms with Gasteiger partial charge >= 0.3 is 0 Å². The number of amides is 4. The molecule has 242 valence electrons. The van der Waals surface area contributed by atoms with Gasteiger partial charge in [0.1, 0.15) is 11.1 Å². The number of aromatic nitrogens is 4. The molecule has 7 rings (SSSR count). The molecule has 4 N–H and O–H groups in total. The Bertz CT molecular complexity index is 1980. The number of halogens is 1. The number of nitrogens with two attached hydrogens (primary N) is 1. The molecule has 4 aromatic rings. The van der Waals surface area contributed by atoms with Crippen molar-refractivity contribution in [1.82, 2.24) is 25.1 Å². The smallest absolute Gasteiger partial charge is 0.246 e. The summed E-state index contributed by atoms with van der Waals surface area (Å²) in [7, 11) is 5.34. The fourth-order valence-corrected chi connectivity index (χ4v) is 6.83. The number of hydrogen-bond donors (Lipinski definition) is 3. The molecule has 5 heterocycles. The number of likely N-dealkylation sites (N-methyl/N-ethyl adjacent to an activating group) is 2. The maximum Gasteiger partial charge on any atom is 0.246 e. The van der Waals surface area contributed by atoms with Gasteiger partial charge in [-0.1, -0.05) is 11.6 Å². The number of rotatable bonds is 6.